The Hall–Kier alpha value is -2.96. The van der Waals surface area contributed by atoms with E-state index in [1.165, 1.54) is 31.2 Å². The second-order valence-corrected chi connectivity index (χ2v) is 5.80. The van der Waals surface area contributed by atoms with Crippen molar-refractivity contribution in [3.05, 3.63) is 52.3 Å². The van der Waals surface area contributed by atoms with E-state index in [1.54, 1.807) is 0 Å². The van der Waals surface area contributed by atoms with Crippen molar-refractivity contribution in [2.45, 2.75) is 39.2 Å². The van der Waals surface area contributed by atoms with Crippen LogP contribution in [0.25, 0.3) is 11.0 Å². The minimum atomic E-state index is -0.569. The molecule has 130 valence electrons. The molecular formula is C18H20N4O3. The molecule has 0 radical (unpaired) electrons. The molecule has 2 aromatic heterocycles. The van der Waals surface area contributed by atoms with Crippen molar-refractivity contribution in [2.24, 2.45) is 4.99 Å². The zero-order chi connectivity index (χ0) is 17.6. The van der Waals surface area contributed by atoms with Crippen molar-refractivity contribution in [1.82, 2.24) is 9.55 Å². The van der Waals surface area contributed by atoms with Crippen LogP contribution in [-0.4, -0.2) is 20.7 Å². The topological polar surface area (TPSA) is 86.5 Å². The van der Waals surface area contributed by atoms with E-state index in [4.69, 9.17) is 4.42 Å². The largest absolute Gasteiger partial charge is 0.433 e. The molecule has 0 saturated carbocycles. The third-order valence-electron chi connectivity index (χ3n) is 3.97. The maximum absolute atomic E-state index is 10.7. The van der Waals surface area contributed by atoms with Gasteiger partial charge in [-0.15, -0.1) is 0 Å². The van der Waals surface area contributed by atoms with E-state index in [1.807, 2.05) is 24.3 Å². The third kappa shape index (κ3) is 3.93. The van der Waals surface area contributed by atoms with Crippen LogP contribution >= 0.6 is 0 Å². The van der Waals surface area contributed by atoms with Crippen LogP contribution in [0.4, 0.5) is 11.8 Å². The monoisotopic (exact) mass is 340 g/mol. The smallest absolute Gasteiger partial charge is 0.400 e. The van der Waals surface area contributed by atoms with Crippen LogP contribution in [0.1, 0.15) is 38.4 Å². The van der Waals surface area contributed by atoms with Gasteiger partial charge in [-0.25, -0.2) is 9.98 Å². The maximum atomic E-state index is 10.7. The molecule has 3 aromatic rings. The third-order valence-corrected chi connectivity index (χ3v) is 3.97. The minimum absolute atomic E-state index is 0.297. The van der Waals surface area contributed by atoms with Gasteiger partial charge in [-0.3, -0.25) is 10.1 Å². The first-order valence-corrected chi connectivity index (χ1v) is 8.42. The van der Waals surface area contributed by atoms with E-state index in [2.05, 4.69) is 21.5 Å². The van der Waals surface area contributed by atoms with Gasteiger partial charge in [-0.2, -0.15) is 0 Å². The first-order valence-electron chi connectivity index (χ1n) is 8.42. The molecule has 7 nitrogen and oxygen atoms in total. The summed E-state index contributed by atoms with van der Waals surface area (Å²) in [5, 5.41) is 10.7. The van der Waals surface area contributed by atoms with Gasteiger partial charge in [-0.05, 0) is 24.6 Å². The van der Waals surface area contributed by atoms with Gasteiger partial charge in [0.15, 0.2) is 5.76 Å². The summed E-state index contributed by atoms with van der Waals surface area (Å²) in [4.78, 5) is 19.1. The molecule has 0 bridgehead atoms. The van der Waals surface area contributed by atoms with Crippen LogP contribution in [0.15, 0.2) is 45.8 Å². The SMILES string of the molecule is CCCCCCn1c(/N=C/c2ccc([N+](=O)[O-])o2)nc2ccccc21. The lowest BCUT2D eigenvalue weighted by Crippen LogP contribution is -1.97. The fourth-order valence-corrected chi connectivity index (χ4v) is 2.71. The molecule has 0 atom stereocenters. The number of nitrogens with zero attached hydrogens (tertiary/aromatic N) is 4. The molecule has 0 aliphatic heterocycles. The number of aryl methyl sites for hydroxylation is 1. The van der Waals surface area contributed by atoms with Gasteiger partial charge in [0.05, 0.1) is 23.3 Å². The number of unbranched alkanes of at least 4 members (excludes halogenated alkanes) is 3. The van der Waals surface area contributed by atoms with Gasteiger partial charge in [0.25, 0.3) is 0 Å². The number of benzene rings is 1. The van der Waals surface area contributed by atoms with Crippen molar-refractivity contribution in [3.63, 3.8) is 0 Å². The summed E-state index contributed by atoms with van der Waals surface area (Å²) in [7, 11) is 0. The summed E-state index contributed by atoms with van der Waals surface area (Å²) in [5.74, 6) is 0.613. The summed E-state index contributed by atoms with van der Waals surface area (Å²) in [6.07, 6.45) is 6.09. The van der Waals surface area contributed by atoms with E-state index in [0.29, 0.717) is 11.7 Å². The minimum Gasteiger partial charge on any atom is -0.400 e. The number of aliphatic imine (C=N–C) groups is 1. The van der Waals surface area contributed by atoms with Crippen LogP contribution < -0.4 is 0 Å². The van der Waals surface area contributed by atoms with Gasteiger partial charge in [0, 0.05) is 6.54 Å². The molecular weight excluding hydrogens is 320 g/mol. The molecule has 0 N–H and O–H groups in total. The lowest BCUT2D eigenvalue weighted by Gasteiger charge is -2.06. The van der Waals surface area contributed by atoms with Crippen molar-refractivity contribution in [2.75, 3.05) is 0 Å². The van der Waals surface area contributed by atoms with Crippen LogP contribution in [-0.2, 0) is 6.54 Å². The molecule has 0 aliphatic rings. The quantitative estimate of drug-likeness (QED) is 0.253. The highest BCUT2D eigenvalue weighted by atomic mass is 16.6. The van der Waals surface area contributed by atoms with Crippen LogP contribution in [0.5, 0.6) is 0 Å². The predicted molar refractivity (Wildman–Crippen MR) is 96.5 cm³/mol. The molecule has 3 rings (SSSR count). The van der Waals surface area contributed by atoms with Crippen molar-refractivity contribution in [1.29, 1.82) is 0 Å². The molecule has 0 amide bonds. The molecule has 0 fully saturated rings. The number of imidazole rings is 1. The molecule has 0 spiro atoms. The summed E-state index contributed by atoms with van der Waals surface area (Å²) < 4.78 is 7.19. The van der Waals surface area contributed by atoms with E-state index in [0.717, 1.165) is 30.4 Å². The number of rotatable bonds is 8. The van der Waals surface area contributed by atoms with E-state index in [9.17, 15) is 10.1 Å². The summed E-state index contributed by atoms with van der Waals surface area (Å²) in [6.45, 7) is 3.02. The number of fused-ring (bicyclic) bond motifs is 1. The van der Waals surface area contributed by atoms with Crippen LogP contribution in [0, 0.1) is 10.1 Å². The van der Waals surface area contributed by atoms with Gasteiger partial charge in [0.2, 0.25) is 5.95 Å². The van der Waals surface area contributed by atoms with Crippen molar-refractivity contribution >= 4 is 29.1 Å². The second-order valence-electron chi connectivity index (χ2n) is 5.80. The van der Waals surface area contributed by atoms with Crippen molar-refractivity contribution in [3.8, 4) is 0 Å². The Morgan fingerprint density at radius 3 is 2.84 bits per heavy atom. The van der Waals surface area contributed by atoms with Crippen LogP contribution in [0.3, 0.4) is 0 Å². The Morgan fingerprint density at radius 1 is 1.24 bits per heavy atom. The van der Waals surface area contributed by atoms with Gasteiger partial charge < -0.3 is 8.98 Å². The predicted octanol–water partition coefficient (Wildman–Crippen LogP) is 4.87. The molecule has 2 heterocycles. The van der Waals surface area contributed by atoms with Crippen LogP contribution in [0.2, 0.25) is 0 Å². The number of furan rings is 1. The van der Waals surface area contributed by atoms with E-state index >= 15 is 0 Å². The summed E-state index contributed by atoms with van der Waals surface area (Å²) in [6, 6.07) is 10.7. The average molecular weight is 340 g/mol. The fourth-order valence-electron chi connectivity index (χ4n) is 2.71. The second kappa shape index (κ2) is 7.74. The molecule has 0 aliphatic carbocycles. The zero-order valence-electron chi connectivity index (χ0n) is 14.1. The van der Waals surface area contributed by atoms with E-state index in [-0.39, 0.29) is 5.88 Å². The summed E-state index contributed by atoms with van der Waals surface area (Å²) in [5.41, 5.74) is 1.92. The highest BCUT2D eigenvalue weighted by Gasteiger charge is 2.12. The van der Waals surface area contributed by atoms with E-state index < -0.39 is 4.92 Å². The standard InChI is InChI=1S/C18H20N4O3/c1-2-3-4-7-12-21-16-9-6-5-8-15(16)20-18(21)19-13-14-10-11-17(25-14)22(23)24/h5-6,8-11,13H,2-4,7,12H2,1H3/b19-13+. The Balaban J connectivity index is 1.85. The zero-order valence-corrected chi connectivity index (χ0v) is 14.1. The molecule has 0 saturated heterocycles. The van der Waals surface area contributed by atoms with Gasteiger partial charge in [0.1, 0.15) is 4.92 Å². The normalized spacial score (nSPS) is 11.6. The molecule has 0 unspecified atom stereocenters. The Labute approximate surface area is 145 Å². The summed E-state index contributed by atoms with van der Waals surface area (Å²) >= 11 is 0. The molecule has 1 aromatic carbocycles. The first kappa shape index (κ1) is 16.9. The fraction of sp³-hybridized carbons (Fsp3) is 0.333. The highest BCUT2D eigenvalue weighted by Crippen LogP contribution is 2.23. The number of hydrogen-bond donors (Lipinski definition) is 0. The Kier molecular flexibility index (Phi) is 5.23. The number of hydrogen-bond acceptors (Lipinski definition) is 5. The number of nitro groups is 1. The highest BCUT2D eigenvalue weighted by molar-refractivity contribution is 5.82. The maximum Gasteiger partial charge on any atom is 0.433 e. The average Bonchev–Trinajstić information content (AvgIpc) is 3.22. The number of aromatic nitrogens is 2. The lowest BCUT2D eigenvalue weighted by molar-refractivity contribution is -0.402. The number of para-hydroxylation sites is 2. The van der Waals surface area contributed by atoms with Crippen molar-refractivity contribution < 1.29 is 9.34 Å². The Morgan fingerprint density at radius 2 is 2.08 bits per heavy atom. The molecule has 25 heavy (non-hydrogen) atoms. The first-order chi connectivity index (χ1) is 12.2. The van der Waals surface area contributed by atoms with Gasteiger partial charge in [-0.1, -0.05) is 38.3 Å². The molecule has 7 heteroatoms. The lowest BCUT2D eigenvalue weighted by atomic mass is 10.2. The van der Waals surface area contributed by atoms with Gasteiger partial charge >= 0.3 is 5.88 Å². The Bertz CT molecular complexity index is 895.